The van der Waals surface area contributed by atoms with E-state index in [9.17, 15) is 9.59 Å². The van der Waals surface area contributed by atoms with Crippen LogP contribution in [0.3, 0.4) is 0 Å². The van der Waals surface area contributed by atoms with Crippen LogP contribution in [0, 0.1) is 0 Å². The minimum Gasteiger partial charge on any atom is -0.368 e. The molecule has 3 amide bonds. The minimum atomic E-state index is -0.235. The molecule has 3 fully saturated rings. The molecular formula is C16H23N5O3. The third kappa shape index (κ3) is 2.75. The number of urea groups is 1. The average Bonchev–Trinajstić information content (AvgIpc) is 2.98. The van der Waals surface area contributed by atoms with Gasteiger partial charge in [0.2, 0.25) is 5.91 Å². The van der Waals surface area contributed by atoms with Gasteiger partial charge in [-0.2, -0.15) is 0 Å². The molecule has 2 aliphatic heterocycles. The molecule has 0 radical (unpaired) electrons. The summed E-state index contributed by atoms with van der Waals surface area (Å²) in [5.74, 6) is 0.894. The van der Waals surface area contributed by atoms with Gasteiger partial charge in [-0.3, -0.25) is 9.69 Å². The maximum atomic E-state index is 12.6. The van der Waals surface area contributed by atoms with Crippen LogP contribution < -0.4 is 5.32 Å². The van der Waals surface area contributed by atoms with Crippen molar-refractivity contribution in [1.82, 2.24) is 24.7 Å². The third-order valence-corrected chi connectivity index (χ3v) is 4.99. The Kier molecular flexibility index (Phi) is 3.91. The lowest BCUT2D eigenvalue weighted by molar-refractivity contribution is -0.127. The lowest BCUT2D eigenvalue weighted by Crippen LogP contribution is -2.46. The van der Waals surface area contributed by atoms with Crippen molar-refractivity contribution >= 4 is 11.9 Å². The van der Waals surface area contributed by atoms with Gasteiger partial charge in [-0.25, -0.2) is 9.78 Å². The topological polar surface area (TPSA) is 79.7 Å². The van der Waals surface area contributed by atoms with Gasteiger partial charge in [0.25, 0.3) is 0 Å². The highest BCUT2D eigenvalue weighted by Gasteiger charge is 2.41. The van der Waals surface area contributed by atoms with E-state index in [4.69, 9.17) is 4.74 Å². The van der Waals surface area contributed by atoms with Crippen molar-refractivity contribution in [3.8, 4) is 0 Å². The highest BCUT2D eigenvalue weighted by molar-refractivity contribution is 5.87. The largest absolute Gasteiger partial charge is 0.368 e. The SMILES string of the molecule is CCn1ccnc1[C@@H]1OCC[C@H]1NC(=O)N1CC(=O)N(C2CC2)C1. The van der Waals surface area contributed by atoms with Crippen LogP contribution in [0.5, 0.6) is 0 Å². The van der Waals surface area contributed by atoms with Gasteiger partial charge in [0.1, 0.15) is 18.5 Å². The first-order chi connectivity index (χ1) is 11.7. The molecule has 2 atom stereocenters. The van der Waals surface area contributed by atoms with E-state index in [0.29, 0.717) is 19.3 Å². The minimum absolute atomic E-state index is 0.0494. The molecule has 0 aromatic carbocycles. The van der Waals surface area contributed by atoms with Gasteiger partial charge in [0, 0.05) is 31.6 Å². The number of ether oxygens (including phenoxy) is 1. The molecule has 1 aliphatic carbocycles. The van der Waals surface area contributed by atoms with Crippen LogP contribution in [-0.2, 0) is 16.1 Å². The summed E-state index contributed by atoms with van der Waals surface area (Å²) in [5, 5.41) is 3.04. The van der Waals surface area contributed by atoms with E-state index in [0.717, 1.165) is 31.6 Å². The predicted molar refractivity (Wildman–Crippen MR) is 85.0 cm³/mol. The fourth-order valence-corrected chi connectivity index (χ4v) is 3.49. The molecule has 3 heterocycles. The molecule has 1 saturated carbocycles. The molecule has 0 bridgehead atoms. The van der Waals surface area contributed by atoms with Crippen molar-refractivity contribution in [3.05, 3.63) is 18.2 Å². The van der Waals surface area contributed by atoms with Crippen molar-refractivity contribution in [3.63, 3.8) is 0 Å². The first-order valence-corrected chi connectivity index (χ1v) is 8.65. The molecule has 8 nitrogen and oxygen atoms in total. The van der Waals surface area contributed by atoms with Gasteiger partial charge < -0.3 is 19.5 Å². The van der Waals surface area contributed by atoms with Crippen LogP contribution >= 0.6 is 0 Å². The van der Waals surface area contributed by atoms with Crippen LogP contribution in [0.25, 0.3) is 0 Å². The number of nitrogens with zero attached hydrogens (tertiary/aromatic N) is 4. The summed E-state index contributed by atoms with van der Waals surface area (Å²) in [7, 11) is 0. The monoisotopic (exact) mass is 333 g/mol. The number of hydrogen-bond acceptors (Lipinski definition) is 4. The van der Waals surface area contributed by atoms with E-state index in [-0.39, 0.29) is 30.6 Å². The van der Waals surface area contributed by atoms with E-state index in [2.05, 4.69) is 17.2 Å². The normalized spacial score (nSPS) is 27.1. The summed E-state index contributed by atoms with van der Waals surface area (Å²) in [6, 6.07) is 0.0341. The van der Waals surface area contributed by atoms with E-state index in [1.165, 1.54) is 0 Å². The van der Waals surface area contributed by atoms with Crippen LogP contribution in [0.1, 0.15) is 38.1 Å². The molecule has 1 aromatic heterocycles. The van der Waals surface area contributed by atoms with E-state index < -0.39 is 0 Å². The van der Waals surface area contributed by atoms with Crippen molar-refractivity contribution in [2.45, 2.75) is 50.9 Å². The number of amides is 3. The first-order valence-electron chi connectivity index (χ1n) is 8.65. The number of hydrogen-bond donors (Lipinski definition) is 1. The second-order valence-electron chi connectivity index (χ2n) is 6.64. The molecule has 130 valence electrons. The van der Waals surface area contributed by atoms with Gasteiger partial charge in [0.15, 0.2) is 0 Å². The Morgan fingerprint density at radius 1 is 1.42 bits per heavy atom. The van der Waals surface area contributed by atoms with Crippen LogP contribution in [0.2, 0.25) is 0 Å². The fraction of sp³-hybridized carbons (Fsp3) is 0.688. The molecule has 2 saturated heterocycles. The lowest BCUT2D eigenvalue weighted by atomic mass is 10.1. The van der Waals surface area contributed by atoms with Gasteiger partial charge in [-0.1, -0.05) is 0 Å². The molecule has 24 heavy (non-hydrogen) atoms. The summed E-state index contributed by atoms with van der Waals surface area (Å²) in [5.41, 5.74) is 0. The zero-order valence-electron chi connectivity index (χ0n) is 13.9. The Morgan fingerprint density at radius 2 is 2.25 bits per heavy atom. The molecule has 0 unspecified atom stereocenters. The van der Waals surface area contributed by atoms with Crippen LogP contribution in [0.15, 0.2) is 12.4 Å². The standard InChI is InChI=1S/C16H23N5O3/c1-2-19-7-6-17-15(19)14-12(5-8-24-14)18-16(23)20-9-13(22)21(10-20)11-3-4-11/h6-7,11-12,14H,2-5,8-10H2,1H3,(H,18,23)/t12-,14-/m1/s1. The van der Waals surface area contributed by atoms with Gasteiger partial charge in [-0.05, 0) is 26.2 Å². The van der Waals surface area contributed by atoms with Crippen LogP contribution in [-0.4, -0.2) is 63.2 Å². The van der Waals surface area contributed by atoms with Gasteiger partial charge >= 0.3 is 6.03 Å². The van der Waals surface area contributed by atoms with E-state index in [1.54, 1.807) is 11.1 Å². The molecule has 0 spiro atoms. The van der Waals surface area contributed by atoms with Crippen molar-refractivity contribution in [1.29, 1.82) is 0 Å². The maximum absolute atomic E-state index is 12.6. The Bertz CT molecular complexity index is 641. The number of aromatic nitrogens is 2. The number of imidazole rings is 1. The second-order valence-corrected chi connectivity index (χ2v) is 6.64. The summed E-state index contributed by atoms with van der Waals surface area (Å²) < 4.78 is 7.84. The maximum Gasteiger partial charge on any atom is 0.319 e. The number of nitrogens with one attached hydrogen (secondary N) is 1. The number of aryl methyl sites for hydroxylation is 1. The summed E-state index contributed by atoms with van der Waals surface area (Å²) in [6.07, 6.45) is 6.30. The number of carbonyl (C=O) groups is 2. The molecule has 1 N–H and O–H groups in total. The quantitative estimate of drug-likeness (QED) is 0.880. The number of carbonyl (C=O) groups excluding carboxylic acids is 2. The molecule has 8 heteroatoms. The van der Waals surface area contributed by atoms with Gasteiger partial charge in [0.05, 0.1) is 12.7 Å². The second kappa shape index (κ2) is 6.08. The predicted octanol–water partition coefficient (Wildman–Crippen LogP) is 0.707. The van der Waals surface area contributed by atoms with Crippen molar-refractivity contribution in [2.75, 3.05) is 19.8 Å². The smallest absolute Gasteiger partial charge is 0.319 e. The number of rotatable bonds is 4. The lowest BCUT2D eigenvalue weighted by Gasteiger charge is -2.24. The summed E-state index contributed by atoms with van der Waals surface area (Å²) >= 11 is 0. The Morgan fingerprint density at radius 3 is 3.00 bits per heavy atom. The van der Waals surface area contributed by atoms with Crippen molar-refractivity contribution < 1.29 is 14.3 Å². The van der Waals surface area contributed by atoms with Crippen molar-refractivity contribution in [2.24, 2.45) is 0 Å². The summed E-state index contributed by atoms with van der Waals surface area (Å²) in [6.45, 7) is 4.03. The molecular weight excluding hydrogens is 310 g/mol. The Balaban J connectivity index is 1.41. The Labute approximate surface area is 140 Å². The first kappa shape index (κ1) is 15.4. The molecule has 3 aliphatic rings. The zero-order valence-corrected chi connectivity index (χ0v) is 13.9. The van der Waals surface area contributed by atoms with Gasteiger partial charge in [-0.15, -0.1) is 0 Å². The van der Waals surface area contributed by atoms with E-state index in [1.807, 2.05) is 15.7 Å². The molecule has 1 aromatic rings. The highest BCUT2D eigenvalue weighted by Crippen LogP contribution is 2.30. The highest BCUT2D eigenvalue weighted by atomic mass is 16.5. The summed E-state index contributed by atoms with van der Waals surface area (Å²) in [4.78, 5) is 32.4. The Hall–Kier alpha value is -2.09. The fourth-order valence-electron chi connectivity index (χ4n) is 3.49. The third-order valence-electron chi connectivity index (χ3n) is 4.99. The van der Waals surface area contributed by atoms with Crippen LogP contribution in [0.4, 0.5) is 4.79 Å². The van der Waals surface area contributed by atoms with E-state index >= 15 is 0 Å². The zero-order chi connectivity index (χ0) is 16.7. The average molecular weight is 333 g/mol. The molecule has 4 rings (SSSR count).